The second kappa shape index (κ2) is 8.05. The number of nitrogens with two attached hydrogens (primary N) is 1. The molecular formula is C24H22FN5O2. The minimum Gasteiger partial charge on any atom is -0.378 e. The van der Waals surface area contributed by atoms with Crippen LogP contribution in [0.4, 0.5) is 10.1 Å². The number of fused-ring (bicyclic) bond motifs is 1. The van der Waals surface area contributed by atoms with Gasteiger partial charge in [0.05, 0.1) is 30.2 Å². The molecule has 4 aromatic rings. The molecule has 1 aromatic carbocycles. The first-order chi connectivity index (χ1) is 15.5. The van der Waals surface area contributed by atoms with Crippen LogP contribution in [-0.4, -0.2) is 46.6 Å². The maximum atomic E-state index is 15.0. The average Bonchev–Trinajstić information content (AvgIpc) is 3.28. The van der Waals surface area contributed by atoms with E-state index in [1.807, 2.05) is 23.7 Å². The van der Waals surface area contributed by atoms with Gasteiger partial charge in [0, 0.05) is 49.0 Å². The molecule has 7 nitrogen and oxygen atoms in total. The van der Waals surface area contributed by atoms with Crippen LogP contribution in [0.25, 0.3) is 28.0 Å². The van der Waals surface area contributed by atoms with Crippen molar-refractivity contribution in [1.29, 1.82) is 0 Å². The number of ether oxygens (including phenoxy) is 1. The predicted octanol–water partition coefficient (Wildman–Crippen LogP) is 3.45. The van der Waals surface area contributed by atoms with Crippen molar-refractivity contribution >= 4 is 17.2 Å². The second-order valence-corrected chi connectivity index (χ2v) is 7.78. The van der Waals surface area contributed by atoms with E-state index in [-0.39, 0.29) is 16.8 Å². The van der Waals surface area contributed by atoms with Gasteiger partial charge in [-0.3, -0.25) is 9.78 Å². The van der Waals surface area contributed by atoms with Gasteiger partial charge in [-0.05, 0) is 48.4 Å². The molecule has 1 saturated heterocycles. The van der Waals surface area contributed by atoms with Crippen molar-refractivity contribution in [3.8, 4) is 22.4 Å². The van der Waals surface area contributed by atoms with E-state index >= 15 is 4.39 Å². The summed E-state index contributed by atoms with van der Waals surface area (Å²) in [5.74, 6) is -1.10. The third kappa shape index (κ3) is 3.48. The molecule has 4 heterocycles. The van der Waals surface area contributed by atoms with E-state index in [2.05, 4.69) is 20.9 Å². The van der Waals surface area contributed by atoms with Crippen LogP contribution in [0.15, 0.2) is 55.1 Å². The van der Waals surface area contributed by atoms with Gasteiger partial charge in [0.1, 0.15) is 5.82 Å². The summed E-state index contributed by atoms with van der Waals surface area (Å²) in [5.41, 5.74) is 10.5. The molecular weight excluding hydrogens is 409 g/mol. The second-order valence-electron chi connectivity index (χ2n) is 7.78. The minimum atomic E-state index is -0.649. The molecule has 0 bridgehead atoms. The minimum absolute atomic E-state index is 0.181. The summed E-state index contributed by atoms with van der Waals surface area (Å²) >= 11 is 0. The number of aryl methyl sites for hydroxylation is 1. The molecule has 0 atom stereocenters. The molecule has 0 aliphatic carbocycles. The van der Waals surface area contributed by atoms with Crippen LogP contribution < -0.4 is 10.6 Å². The highest BCUT2D eigenvalue weighted by Crippen LogP contribution is 2.35. The molecule has 5 rings (SSSR count). The fourth-order valence-electron chi connectivity index (χ4n) is 4.18. The van der Waals surface area contributed by atoms with E-state index in [0.717, 1.165) is 41.1 Å². The average molecular weight is 431 g/mol. The largest absolute Gasteiger partial charge is 0.378 e. The number of nitrogens with zero attached hydrogens (tertiary/aromatic N) is 4. The molecule has 0 spiro atoms. The molecule has 1 fully saturated rings. The first-order valence-corrected chi connectivity index (χ1v) is 10.4. The maximum absolute atomic E-state index is 15.0. The Morgan fingerprint density at radius 3 is 2.72 bits per heavy atom. The number of primary amides is 1. The Bertz CT molecular complexity index is 1330. The summed E-state index contributed by atoms with van der Waals surface area (Å²) in [5, 5.41) is 0. The van der Waals surface area contributed by atoms with E-state index in [0.29, 0.717) is 13.2 Å². The van der Waals surface area contributed by atoms with Crippen LogP contribution in [0.5, 0.6) is 0 Å². The summed E-state index contributed by atoms with van der Waals surface area (Å²) < 4.78 is 22.5. The highest BCUT2D eigenvalue weighted by atomic mass is 19.1. The Labute approximate surface area is 184 Å². The molecule has 8 heteroatoms. The van der Waals surface area contributed by atoms with E-state index in [4.69, 9.17) is 10.5 Å². The third-order valence-corrected chi connectivity index (χ3v) is 5.77. The molecule has 1 aliphatic rings. The Hall–Kier alpha value is -3.78. The van der Waals surface area contributed by atoms with E-state index in [1.165, 1.54) is 12.3 Å². The van der Waals surface area contributed by atoms with Gasteiger partial charge in [-0.25, -0.2) is 9.37 Å². The summed E-state index contributed by atoms with van der Waals surface area (Å²) in [7, 11) is 0. The number of benzene rings is 1. The molecule has 1 amide bonds. The lowest BCUT2D eigenvalue weighted by molar-refractivity contribution is 0.100. The van der Waals surface area contributed by atoms with Crippen LogP contribution in [0, 0.1) is 12.7 Å². The molecule has 2 N–H and O–H groups in total. The van der Waals surface area contributed by atoms with Gasteiger partial charge in [0.2, 0.25) is 0 Å². The number of carbonyl (C=O) groups excluding carboxylic acids is 1. The Morgan fingerprint density at radius 1 is 1.12 bits per heavy atom. The smallest absolute Gasteiger partial charge is 0.250 e. The fraction of sp³-hybridized carbons (Fsp3) is 0.208. The number of imidazole rings is 1. The topological polar surface area (TPSA) is 85.8 Å². The number of hydrogen-bond donors (Lipinski definition) is 1. The van der Waals surface area contributed by atoms with Gasteiger partial charge in [-0.2, -0.15) is 0 Å². The Kier molecular flexibility index (Phi) is 5.07. The number of hydrogen-bond acceptors (Lipinski definition) is 5. The number of aromatic nitrogens is 3. The monoisotopic (exact) mass is 431 g/mol. The number of carbonyl (C=O) groups is 1. The van der Waals surface area contributed by atoms with Gasteiger partial charge in [0.25, 0.3) is 5.91 Å². The van der Waals surface area contributed by atoms with Crippen LogP contribution in [0.1, 0.15) is 15.9 Å². The van der Waals surface area contributed by atoms with Gasteiger partial charge >= 0.3 is 0 Å². The molecule has 1 aliphatic heterocycles. The van der Waals surface area contributed by atoms with Gasteiger partial charge in [0.15, 0.2) is 5.65 Å². The van der Waals surface area contributed by atoms with E-state index in [9.17, 15) is 4.79 Å². The number of amides is 1. The highest BCUT2D eigenvalue weighted by Gasteiger charge is 2.20. The lowest BCUT2D eigenvalue weighted by atomic mass is 9.95. The molecule has 0 radical (unpaired) electrons. The SMILES string of the molecule is Cc1cc(F)c(-c2ncccc2C(N)=O)cc1-c1cc(N2CCOCC2)c2nccn2c1. The van der Waals surface area contributed by atoms with Crippen molar-refractivity contribution in [1.82, 2.24) is 14.4 Å². The standard InChI is InChI=1S/C24H22FN5O2/c1-15-11-20(25)19(22-17(23(26)31)3-2-4-27-22)13-18(15)16-12-21(29-7-9-32-10-8-29)24-28-5-6-30(24)14-16/h2-6,11-14H,7-10H2,1H3,(H2,26,31). The number of morpholine rings is 1. The van der Waals surface area contributed by atoms with Gasteiger partial charge in [-0.1, -0.05) is 0 Å². The lowest BCUT2D eigenvalue weighted by Crippen LogP contribution is -2.36. The highest BCUT2D eigenvalue weighted by molar-refractivity contribution is 5.99. The zero-order valence-electron chi connectivity index (χ0n) is 17.6. The molecule has 0 saturated carbocycles. The van der Waals surface area contributed by atoms with Gasteiger partial charge < -0.3 is 19.8 Å². The Morgan fingerprint density at radius 2 is 1.94 bits per heavy atom. The predicted molar refractivity (Wildman–Crippen MR) is 120 cm³/mol. The van der Waals surface area contributed by atoms with Crippen LogP contribution in [-0.2, 0) is 4.74 Å². The van der Waals surface area contributed by atoms with E-state index < -0.39 is 11.7 Å². The molecule has 32 heavy (non-hydrogen) atoms. The number of anilines is 1. The van der Waals surface area contributed by atoms with Crippen LogP contribution in [0.3, 0.4) is 0 Å². The first kappa shape index (κ1) is 20.1. The van der Waals surface area contributed by atoms with Crippen molar-refractivity contribution in [2.24, 2.45) is 5.73 Å². The molecule has 3 aromatic heterocycles. The summed E-state index contributed by atoms with van der Waals surface area (Å²) in [6, 6.07) is 8.44. The van der Waals surface area contributed by atoms with Crippen molar-refractivity contribution in [3.63, 3.8) is 0 Å². The maximum Gasteiger partial charge on any atom is 0.250 e. The van der Waals surface area contributed by atoms with E-state index in [1.54, 1.807) is 24.4 Å². The fourth-order valence-corrected chi connectivity index (χ4v) is 4.18. The van der Waals surface area contributed by atoms with Gasteiger partial charge in [-0.15, -0.1) is 0 Å². The van der Waals surface area contributed by atoms with Crippen LogP contribution in [0.2, 0.25) is 0 Å². The number of pyridine rings is 2. The Balaban J connectivity index is 1.69. The normalized spacial score (nSPS) is 14.1. The zero-order valence-corrected chi connectivity index (χ0v) is 17.6. The zero-order chi connectivity index (χ0) is 22.2. The molecule has 0 unspecified atom stereocenters. The lowest BCUT2D eigenvalue weighted by Gasteiger charge is -2.29. The summed E-state index contributed by atoms with van der Waals surface area (Å²) in [6.45, 7) is 4.73. The first-order valence-electron chi connectivity index (χ1n) is 10.4. The van der Waals surface area contributed by atoms with Crippen molar-refractivity contribution < 1.29 is 13.9 Å². The summed E-state index contributed by atoms with van der Waals surface area (Å²) in [4.78, 5) is 22.9. The quantitative estimate of drug-likeness (QED) is 0.535. The number of halogens is 1. The van der Waals surface area contributed by atoms with Crippen molar-refractivity contribution in [2.75, 3.05) is 31.2 Å². The molecule has 162 valence electrons. The van der Waals surface area contributed by atoms with Crippen molar-refractivity contribution in [3.05, 3.63) is 72.1 Å². The number of rotatable bonds is 4. The van der Waals surface area contributed by atoms with Crippen LogP contribution >= 0.6 is 0 Å². The van der Waals surface area contributed by atoms with Crippen molar-refractivity contribution in [2.45, 2.75) is 6.92 Å². The summed E-state index contributed by atoms with van der Waals surface area (Å²) in [6.07, 6.45) is 7.16. The third-order valence-electron chi connectivity index (χ3n) is 5.77.